The van der Waals surface area contributed by atoms with Crippen LogP contribution in [0, 0.1) is 11.8 Å². The fraction of sp³-hybridized carbons (Fsp3) is 0.667. The molecular weight excluding hydrogens is 244 g/mol. The van der Waals surface area contributed by atoms with E-state index in [0.29, 0.717) is 0 Å². The van der Waals surface area contributed by atoms with E-state index in [0.717, 1.165) is 17.9 Å². The second-order valence-electron chi connectivity index (χ2n) is 6.73. The van der Waals surface area contributed by atoms with Gasteiger partial charge in [0.15, 0.2) is 0 Å². The van der Waals surface area contributed by atoms with Crippen molar-refractivity contribution in [3.05, 3.63) is 35.9 Å². The van der Waals surface area contributed by atoms with Crippen molar-refractivity contribution in [3.8, 4) is 0 Å². The van der Waals surface area contributed by atoms with Crippen molar-refractivity contribution < 1.29 is 0 Å². The molecule has 0 aromatic heterocycles. The summed E-state index contributed by atoms with van der Waals surface area (Å²) in [4.78, 5) is 2.70. The van der Waals surface area contributed by atoms with Crippen LogP contribution in [0.2, 0.25) is 0 Å². The van der Waals surface area contributed by atoms with Crippen molar-refractivity contribution >= 4 is 0 Å². The van der Waals surface area contributed by atoms with E-state index >= 15 is 0 Å². The zero-order chi connectivity index (χ0) is 13.8. The van der Waals surface area contributed by atoms with Crippen LogP contribution >= 0.6 is 0 Å². The van der Waals surface area contributed by atoms with Crippen molar-refractivity contribution in [2.75, 3.05) is 26.2 Å². The molecule has 2 nitrogen and oxygen atoms in total. The van der Waals surface area contributed by atoms with Gasteiger partial charge in [0.05, 0.1) is 0 Å². The molecule has 2 aliphatic heterocycles. The number of rotatable bonds is 4. The summed E-state index contributed by atoms with van der Waals surface area (Å²) >= 11 is 0. The summed E-state index contributed by atoms with van der Waals surface area (Å²) in [6.45, 7) is 7.49. The van der Waals surface area contributed by atoms with Gasteiger partial charge in [-0.05, 0) is 69.6 Å². The highest BCUT2D eigenvalue weighted by Gasteiger charge is 2.27. The minimum absolute atomic E-state index is 0.719. The number of benzene rings is 1. The van der Waals surface area contributed by atoms with Gasteiger partial charge in [-0.15, -0.1) is 0 Å². The van der Waals surface area contributed by atoms with Gasteiger partial charge < -0.3 is 10.2 Å². The third-order valence-corrected chi connectivity index (χ3v) is 5.26. The lowest BCUT2D eigenvalue weighted by atomic mass is 9.89. The molecule has 0 amide bonds. The average molecular weight is 272 g/mol. The summed E-state index contributed by atoms with van der Waals surface area (Å²) in [7, 11) is 0. The Labute approximate surface area is 123 Å². The molecule has 0 spiro atoms. The molecule has 2 saturated heterocycles. The van der Waals surface area contributed by atoms with Crippen LogP contribution in [-0.2, 0) is 6.42 Å². The van der Waals surface area contributed by atoms with Crippen LogP contribution in [0.3, 0.4) is 0 Å². The second-order valence-corrected chi connectivity index (χ2v) is 6.73. The van der Waals surface area contributed by atoms with E-state index in [1.807, 2.05) is 0 Å². The highest BCUT2D eigenvalue weighted by Crippen LogP contribution is 2.24. The summed E-state index contributed by atoms with van der Waals surface area (Å²) in [5.74, 6) is 1.77. The summed E-state index contributed by atoms with van der Waals surface area (Å²) in [5, 5.41) is 3.57. The topological polar surface area (TPSA) is 15.3 Å². The van der Waals surface area contributed by atoms with Crippen LogP contribution < -0.4 is 5.32 Å². The Morgan fingerprint density at radius 1 is 1.10 bits per heavy atom. The quantitative estimate of drug-likeness (QED) is 0.906. The molecule has 2 aliphatic rings. The monoisotopic (exact) mass is 272 g/mol. The minimum atomic E-state index is 0.719. The highest BCUT2D eigenvalue weighted by molar-refractivity contribution is 5.15. The van der Waals surface area contributed by atoms with Crippen LogP contribution in [-0.4, -0.2) is 37.1 Å². The standard InChI is InChI=1S/C18H28N2/c1-15-18(7-10-19-15)14-20-11-8-17(9-12-20)13-16-5-3-2-4-6-16/h2-6,15,17-19H,7-14H2,1H3. The lowest BCUT2D eigenvalue weighted by Gasteiger charge is -2.34. The third kappa shape index (κ3) is 3.62. The molecule has 2 heteroatoms. The minimum Gasteiger partial charge on any atom is -0.314 e. The van der Waals surface area contributed by atoms with Crippen LogP contribution in [0.25, 0.3) is 0 Å². The van der Waals surface area contributed by atoms with Crippen LogP contribution in [0.4, 0.5) is 0 Å². The molecule has 2 heterocycles. The second kappa shape index (κ2) is 6.73. The molecule has 1 aromatic rings. The van der Waals surface area contributed by atoms with E-state index in [4.69, 9.17) is 0 Å². The molecule has 2 fully saturated rings. The summed E-state index contributed by atoms with van der Waals surface area (Å²) in [6, 6.07) is 11.7. The molecule has 1 aromatic carbocycles. The molecule has 1 N–H and O–H groups in total. The summed E-state index contributed by atoms with van der Waals surface area (Å²) < 4.78 is 0. The lowest BCUT2D eigenvalue weighted by molar-refractivity contribution is 0.157. The number of hydrogen-bond donors (Lipinski definition) is 1. The van der Waals surface area contributed by atoms with Gasteiger partial charge in [0, 0.05) is 12.6 Å². The van der Waals surface area contributed by atoms with Gasteiger partial charge in [-0.25, -0.2) is 0 Å². The van der Waals surface area contributed by atoms with Gasteiger partial charge in [-0.3, -0.25) is 0 Å². The Morgan fingerprint density at radius 3 is 2.50 bits per heavy atom. The predicted octanol–water partition coefficient (Wildman–Crippen LogP) is 2.94. The first-order valence-electron chi connectivity index (χ1n) is 8.31. The van der Waals surface area contributed by atoms with E-state index in [1.165, 1.54) is 57.4 Å². The molecule has 0 saturated carbocycles. The molecule has 0 bridgehead atoms. The van der Waals surface area contributed by atoms with Gasteiger partial charge in [0.2, 0.25) is 0 Å². The van der Waals surface area contributed by atoms with E-state index in [-0.39, 0.29) is 0 Å². The molecule has 3 rings (SSSR count). The summed E-state index contributed by atoms with van der Waals surface area (Å²) in [5.41, 5.74) is 1.51. The van der Waals surface area contributed by atoms with Crippen molar-refractivity contribution in [3.63, 3.8) is 0 Å². The molecule has 0 radical (unpaired) electrons. The fourth-order valence-corrected chi connectivity index (χ4v) is 3.81. The number of nitrogens with one attached hydrogen (secondary N) is 1. The fourth-order valence-electron chi connectivity index (χ4n) is 3.81. The van der Waals surface area contributed by atoms with E-state index in [1.54, 1.807) is 0 Å². The van der Waals surface area contributed by atoms with E-state index in [2.05, 4.69) is 47.5 Å². The third-order valence-electron chi connectivity index (χ3n) is 5.26. The van der Waals surface area contributed by atoms with Crippen molar-refractivity contribution in [2.45, 2.75) is 38.6 Å². The van der Waals surface area contributed by atoms with Gasteiger partial charge in [-0.1, -0.05) is 30.3 Å². The Hall–Kier alpha value is -0.860. The van der Waals surface area contributed by atoms with Crippen LogP contribution in [0.5, 0.6) is 0 Å². The smallest absolute Gasteiger partial charge is 0.00796 e. The van der Waals surface area contributed by atoms with Crippen LogP contribution in [0.15, 0.2) is 30.3 Å². The van der Waals surface area contributed by atoms with Crippen molar-refractivity contribution in [2.24, 2.45) is 11.8 Å². The van der Waals surface area contributed by atoms with E-state index in [9.17, 15) is 0 Å². The maximum atomic E-state index is 3.57. The maximum absolute atomic E-state index is 3.57. The van der Waals surface area contributed by atoms with Crippen molar-refractivity contribution in [1.29, 1.82) is 0 Å². The SMILES string of the molecule is CC1NCCC1CN1CCC(Cc2ccccc2)CC1. The normalized spacial score (nSPS) is 28.9. The van der Waals surface area contributed by atoms with E-state index < -0.39 is 0 Å². The Kier molecular flexibility index (Phi) is 4.74. The zero-order valence-electron chi connectivity index (χ0n) is 12.7. The molecule has 110 valence electrons. The molecule has 2 atom stereocenters. The Morgan fingerprint density at radius 2 is 1.85 bits per heavy atom. The van der Waals surface area contributed by atoms with Gasteiger partial charge in [0.1, 0.15) is 0 Å². The first-order valence-corrected chi connectivity index (χ1v) is 8.31. The first-order chi connectivity index (χ1) is 9.81. The van der Waals surface area contributed by atoms with Gasteiger partial charge >= 0.3 is 0 Å². The van der Waals surface area contributed by atoms with Crippen LogP contribution in [0.1, 0.15) is 31.7 Å². The zero-order valence-corrected chi connectivity index (χ0v) is 12.7. The van der Waals surface area contributed by atoms with Gasteiger partial charge in [0.25, 0.3) is 0 Å². The lowest BCUT2D eigenvalue weighted by Crippen LogP contribution is -2.40. The predicted molar refractivity (Wildman–Crippen MR) is 84.9 cm³/mol. The van der Waals surface area contributed by atoms with Gasteiger partial charge in [-0.2, -0.15) is 0 Å². The number of nitrogens with zero attached hydrogens (tertiary/aromatic N) is 1. The Bertz CT molecular complexity index is 395. The highest BCUT2D eigenvalue weighted by atomic mass is 15.1. The summed E-state index contributed by atoms with van der Waals surface area (Å²) in [6.07, 6.45) is 5.40. The number of likely N-dealkylation sites (tertiary alicyclic amines) is 1. The molecule has 0 aliphatic carbocycles. The maximum Gasteiger partial charge on any atom is 0.00796 e. The number of hydrogen-bond acceptors (Lipinski definition) is 2. The number of piperidine rings is 1. The Balaban J connectivity index is 1.43. The molecule has 2 unspecified atom stereocenters. The largest absolute Gasteiger partial charge is 0.314 e. The molecular formula is C18H28N2. The van der Waals surface area contributed by atoms with Crippen molar-refractivity contribution in [1.82, 2.24) is 10.2 Å². The molecule has 20 heavy (non-hydrogen) atoms. The first kappa shape index (κ1) is 14.1. The average Bonchev–Trinajstić information content (AvgIpc) is 2.88.